The van der Waals surface area contributed by atoms with E-state index in [4.69, 9.17) is 15.4 Å². The standard InChI is InChI=1S/C7H8O3S.C5H11NO2S/c1-6-2-4-7(5-3-6)11(8,9)10;1-9-3-2-4(6)5(7)8/h2-5H,1H3,(H,8,9,10);4H,2-3,6H2,1H3,(H,7,8). The molecule has 0 saturated carbocycles. The average Bonchev–Trinajstić information content (AvgIpc) is 2.36. The summed E-state index contributed by atoms with van der Waals surface area (Å²) in [6, 6.07) is 5.30. The maximum absolute atomic E-state index is 10.5. The van der Waals surface area contributed by atoms with Gasteiger partial charge >= 0.3 is 5.97 Å². The Morgan fingerprint density at radius 3 is 2.20 bits per heavy atom. The van der Waals surface area contributed by atoms with Gasteiger partial charge in [-0.2, -0.15) is 20.2 Å². The van der Waals surface area contributed by atoms with Crippen molar-refractivity contribution in [3.63, 3.8) is 0 Å². The molecule has 1 aromatic rings. The van der Waals surface area contributed by atoms with Crippen molar-refractivity contribution >= 4 is 27.8 Å². The first-order valence-electron chi connectivity index (χ1n) is 5.70. The lowest BCUT2D eigenvalue weighted by Crippen LogP contribution is -2.30. The molecule has 0 aliphatic heterocycles. The van der Waals surface area contributed by atoms with Crippen molar-refractivity contribution < 1.29 is 22.9 Å². The molecular weight excluding hydrogens is 302 g/mol. The largest absolute Gasteiger partial charge is 0.480 e. The Morgan fingerprint density at radius 2 is 1.85 bits per heavy atom. The lowest BCUT2D eigenvalue weighted by atomic mass is 10.2. The molecule has 0 aliphatic rings. The number of benzene rings is 1. The first-order valence-corrected chi connectivity index (χ1v) is 8.53. The van der Waals surface area contributed by atoms with E-state index in [1.54, 1.807) is 23.9 Å². The lowest BCUT2D eigenvalue weighted by Gasteiger charge is -2.02. The number of carbonyl (C=O) groups is 1. The van der Waals surface area contributed by atoms with Crippen LogP contribution in [0.5, 0.6) is 0 Å². The quantitative estimate of drug-likeness (QED) is 0.701. The third-order valence-electron chi connectivity index (χ3n) is 2.27. The topological polar surface area (TPSA) is 118 Å². The number of rotatable bonds is 5. The fourth-order valence-corrected chi connectivity index (χ4v) is 2.05. The zero-order valence-electron chi connectivity index (χ0n) is 11.3. The van der Waals surface area contributed by atoms with Gasteiger partial charge in [-0.3, -0.25) is 9.35 Å². The fraction of sp³-hybridized carbons (Fsp3) is 0.417. The van der Waals surface area contributed by atoms with Gasteiger partial charge in [0.2, 0.25) is 0 Å². The van der Waals surface area contributed by atoms with Crippen molar-refractivity contribution in [2.24, 2.45) is 5.73 Å². The maximum Gasteiger partial charge on any atom is 0.320 e. The van der Waals surface area contributed by atoms with E-state index in [2.05, 4.69) is 0 Å². The number of thioether (sulfide) groups is 1. The molecule has 8 heteroatoms. The average molecular weight is 321 g/mol. The number of nitrogens with two attached hydrogens (primary N) is 1. The smallest absolute Gasteiger partial charge is 0.320 e. The van der Waals surface area contributed by atoms with E-state index in [1.807, 2.05) is 13.2 Å². The van der Waals surface area contributed by atoms with Gasteiger partial charge in [-0.25, -0.2) is 0 Å². The SMILES string of the molecule is CSCCC(N)C(=O)O.Cc1ccc(S(=O)(=O)O)cc1. The van der Waals surface area contributed by atoms with Crippen molar-refractivity contribution in [1.82, 2.24) is 0 Å². The number of hydrogen-bond donors (Lipinski definition) is 3. The van der Waals surface area contributed by atoms with E-state index >= 15 is 0 Å². The van der Waals surface area contributed by atoms with Gasteiger partial charge in [0.15, 0.2) is 0 Å². The van der Waals surface area contributed by atoms with Crippen LogP contribution in [0, 0.1) is 6.92 Å². The molecule has 0 heterocycles. The molecule has 114 valence electrons. The molecule has 0 saturated heterocycles. The summed E-state index contributed by atoms with van der Waals surface area (Å²) in [5, 5.41) is 8.27. The summed E-state index contributed by atoms with van der Waals surface area (Å²) in [7, 11) is -4.02. The Balaban J connectivity index is 0.000000370. The van der Waals surface area contributed by atoms with Gasteiger partial charge < -0.3 is 10.8 Å². The van der Waals surface area contributed by atoms with Crippen LogP contribution in [0.4, 0.5) is 0 Å². The molecular formula is C12H19NO5S2. The van der Waals surface area contributed by atoms with E-state index in [-0.39, 0.29) is 4.90 Å². The minimum atomic E-state index is -4.02. The molecule has 0 fully saturated rings. The highest BCUT2D eigenvalue weighted by molar-refractivity contribution is 7.98. The van der Waals surface area contributed by atoms with Crippen molar-refractivity contribution in [3.05, 3.63) is 29.8 Å². The molecule has 0 amide bonds. The van der Waals surface area contributed by atoms with Crippen LogP contribution < -0.4 is 5.73 Å². The van der Waals surface area contributed by atoms with Crippen molar-refractivity contribution in [2.75, 3.05) is 12.0 Å². The molecule has 1 aromatic carbocycles. The van der Waals surface area contributed by atoms with E-state index in [0.29, 0.717) is 6.42 Å². The van der Waals surface area contributed by atoms with Gasteiger partial charge in [0.25, 0.3) is 10.1 Å². The van der Waals surface area contributed by atoms with E-state index in [0.717, 1.165) is 11.3 Å². The highest BCUT2D eigenvalue weighted by Crippen LogP contribution is 2.08. The van der Waals surface area contributed by atoms with Gasteiger partial charge in [0.05, 0.1) is 4.90 Å². The van der Waals surface area contributed by atoms with Gasteiger partial charge in [-0.05, 0) is 37.5 Å². The predicted molar refractivity (Wildman–Crippen MR) is 79.6 cm³/mol. The molecule has 1 atom stereocenters. The number of hydrogen-bond acceptors (Lipinski definition) is 5. The summed E-state index contributed by atoms with van der Waals surface area (Å²) in [6.07, 6.45) is 2.48. The second-order valence-electron chi connectivity index (χ2n) is 4.01. The minimum Gasteiger partial charge on any atom is -0.480 e. The Kier molecular flexibility index (Phi) is 8.47. The number of carboxylic acid groups (broad SMARTS) is 1. The van der Waals surface area contributed by atoms with Crippen LogP contribution in [0.2, 0.25) is 0 Å². The molecule has 6 nitrogen and oxygen atoms in total. The Hall–Kier alpha value is -1.09. The Bertz CT molecular complexity index is 513. The molecule has 0 radical (unpaired) electrons. The zero-order chi connectivity index (χ0) is 15.8. The summed E-state index contributed by atoms with van der Waals surface area (Å²) in [5.41, 5.74) is 6.15. The van der Waals surface area contributed by atoms with Crippen LogP contribution in [0.25, 0.3) is 0 Å². The van der Waals surface area contributed by atoms with E-state index in [9.17, 15) is 13.2 Å². The molecule has 0 spiro atoms. The number of carboxylic acids is 1. The molecule has 4 N–H and O–H groups in total. The van der Waals surface area contributed by atoms with Crippen LogP contribution in [-0.2, 0) is 14.9 Å². The molecule has 0 aliphatic carbocycles. The summed E-state index contributed by atoms with van der Waals surface area (Å²) in [6.45, 7) is 1.84. The summed E-state index contributed by atoms with van der Waals surface area (Å²) in [5.74, 6) is -0.1000. The molecule has 0 bridgehead atoms. The monoisotopic (exact) mass is 321 g/mol. The van der Waals surface area contributed by atoms with E-state index < -0.39 is 22.1 Å². The third kappa shape index (κ3) is 8.16. The Morgan fingerprint density at radius 1 is 1.35 bits per heavy atom. The number of aliphatic carboxylic acids is 1. The van der Waals surface area contributed by atoms with Gasteiger partial charge in [0, 0.05) is 0 Å². The van der Waals surface area contributed by atoms with Crippen molar-refractivity contribution in [1.29, 1.82) is 0 Å². The molecule has 1 rings (SSSR count). The van der Waals surface area contributed by atoms with Gasteiger partial charge in [0.1, 0.15) is 6.04 Å². The van der Waals surface area contributed by atoms with Gasteiger partial charge in [-0.15, -0.1) is 0 Å². The van der Waals surface area contributed by atoms with Gasteiger partial charge in [-0.1, -0.05) is 17.7 Å². The number of aryl methyl sites for hydroxylation is 1. The first-order chi connectivity index (χ1) is 9.18. The second kappa shape index (κ2) is 8.96. The normalized spacial score (nSPS) is 12.2. The third-order valence-corrected chi connectivity index (χ3v) is 3.78. The van der Waals surface area contributed by atoms with E-state index in [1.165, 1.54) is 12.1 Å². The molecule has 0 aromatic heterocycles. The minimum absolute atomic E-state index is 0.0666. The summed E-state index contributed by atoms with van der Waals surface area (Å²) < 4.78 is 29.6. The summed E-state index contributed by atoms with van der Waals surface area (Å²) in [4.78, 5) is 10.0. The first kappa shape index (κ1) is 18.9. The van der Waals surface area contributed by atoms with Crippen LogP contribution >= 0.6 is 11.8 Å². The zero-order valence-corrected chi connectivity index (χ0v) is 12.9. The second-order valence-corrected chi connectivity index (χ2v) is 6.42. The van der Waals surface area contributed by atoms with Crippen molar-refractivity contribution in [2.45, 2.75) is 24.3 Å². The molecule has 1 unspecified atom stereocenters. The highest BCUT2D eigenvalue weighted by Gasteiger charge is 2.09. The van der Waals surface area contributed by atoms with Crippen LogP contribution in [0.15, 0.2) is 29.2 Å². The van der Waals surface area contributed by atoms with Crippen LogP contribution in [0.3, 0.4) is 0 Å². The molecule has 20 heavy (non-hydrogen) atoms. The van der Waals surface area contributed by atoms with Crippen LogP contribution in [-0.4, -0.2) is 42.1 Å². The predicted octanol–water partition coefficient (Wildman–Crippen LogP) is 1.39. The lowest BCUT2D eigenvalue weighted by molar-refractivity contribution is -0.138. The van der Waals surface area contributed by atoms with Crippen molar-refractivity contribution in [3.8, 4) is 0 Å². The summed E-state index contributed by atoms with van der Waals surface area (Å²) >= 11 is 1.60. The highest BCUT2D eigenvalue weighted by atomic mass is 32.2. The van der Waals surface area contributed by atoms with Crippen LogP contribution in [0.1, 0.15) is 12.0 Å². The Labute approximate surface area is 123 Å². The fourth-order valence-electron chi connectivity index (χ4n) is 1.08. The maximum atomic E-state index is 10.5.